The lowest BCUT2D eigenvalue weighted by Gasteiger charge is -1.93. The first-order valence-corrected chi connectivity index (χ1v) is 6.14. The summed E-state index contributed by atoms with van der Waals surface area (Å²) in [6.45, 7) is 0. The fourth-order valence-corrected chi connectivity index (χ4v) is 1.64. The Kier molecular flexibility index (Phi) is 3.28. The minimum absolute atomic E-state index is 0.607. The molecule has 0 N–H and O–H groups in total. The Bertz CT molecular complexity index is 441. The van der Waals surface area contributed by atoms with Gasteiger partial charge in [0.1, 0.15) is 0 Å². The van der Waals surface area contributed by atoms with Crippen LogP contribution in [-0.2, 0) is 5.75 Å². The van der Waals surface area contributed by atoms with Gasteiger partial charge in [-0.2, -0.15) is 16.7 Å². The predicted octanol–water partition coefficient (Wildman–Crippen LogP) is 3.25. The zero-order valence-electron chi connectivity index (χ0n) is 8.11. The Hall–Kier alpha value is -1.00. The number of rotatable bonds is 3. The standard InChI is InChI=1S/C10H9ClN2OS/c1-15-6-9-12-10(13-14-9)7-2-4-8(11)5-3-7/h2-5H,6H2,1H3. The Morgan fingerprint density at radius 1 is 1.33 bits per heavy atom. The van der Waals surface area contributed by atoms with Crippen LogP contribution in [0.4, 0.5) is 0 Å². The minimum atomic E-state index is 0.607. The first kappa shape index (κ1) is 10.5. The first-order chi connectivity index (χ1) is 7.29. The van der Waals surface area contributed by atoms with E-state index in [2.05, 4.69) is 10.1 Å². The molecule has 0 bridgehead atoms. The van der Waals surface area contributed by atoms with Crippen molar-refractivity contribution in [3.63, 3.8) is 0 Å². The molecule has 1 heterocycles. The van der Waals surface area contributed by atoms with Crippen molar-refractivity contribution in [2.24, 2.45) is 0 Å². The second-order valence-corrected chi connectivity index (χ2v) is 4.25. The molecule has 0 atom stereocenters. The van der Waals surface area contributed by atoms with Crippen molar-refractivity contribution in [1.82, 2.24) is 10.1 Å². The number of nitrogens with zero attached hydrogens (tertiary/aromatic N) is 2. The molecule has 15 heavy (non-hydrogen) atoms. The third kappa shape index (κ3) is 2.52. The van der Waals surface area contributed by atoms with E-state index in [4.69, 9.17) is 16.1 Å². The SMILES string of the molecule is CSCc1nc(-c2ccc(Cl)cc2)no1. The lowest BCUT2D eigenvalue weighted by Crippen LogP contribution is -1.81. The van der Waals surface area contributed by atoms with Crippen LogP contribution in [0.3, 0.4) is 0 Å². The van der Waals surface area contributed by atoms with E-state index in [1.165, 1.54) is 0 Å². The molecule has 0 spiro atoms. The van der Waals surface area contributed by atoms with Crippen molar-refractivity contribution in [1.29, 1.82) is 0 Å². The first-order valence-electron chi connectivity index (χ1n) is 4.37. The summed E-state index contributed by atoms with van der Waals surface area (Å²) in [6.07, 6.45) is 1.99. The molecule has 0 saturated carbocycles. The van der Waals surface area contributed by atoms with Gasteiger partial charge in [-0.1, -0.05) is 16.8 Å². The van der Waals surface area contributed by atoms with Crippen molar-refractivity contribution in [2.45, 2.75) is 5.75 Å². The summed E-state index contributed by atoms with van der Waals surface area (Å²) >= 11 is 7.43. The summed E-state index contributed by atoms with van der Waals surface area (Å²) in [7, 11) is 0. The van der Waals surface area contributed by atoms with Gasteiger partial charge >= 0.3 is 0 Å². The van der Waals surface area contributed by atoms with Crippen LogP contribution in [0, 0.1) is 0 Å². The average Bonchev–Trinajstić information content (AvgIpc) is 2.68. The van der Waals surface area contributed by atoms with Gasteiger partial charge in [0.2, 0.25) is 11.7 Å². The lowest BCUT2D eigenvalue weighted by molar-refractivity contribution is 0.392. The minimum Gasteiger partial charge on any atom is -0.338 e. The molecule has 0 amide bonds. The van der Waals surface area contributed by atoms with Crippen LogP contribution in [0.5, 0.6) is 0 Å². The van der Waals surface area contributed by atoms with E-state index >= 15 is 0 Å². The van der Waals surface area contributed by atoms with Crippen molar-refractivity contribution in [2.75, 3.05) is 6.26 Å². The number of thioether (sulfide) groups is 1. The molecule has 0 fully saturated rings. The maximum absolute atomic E-state index is 5.79. The second kappa shape index (κ2) is 4.68. The van der Waals surface area contributed by atoms with Crippen LogP contribution in [0.25, 0.3) is 11.4 Å². The summed E-state index contributed by atoms with van der Waals surface area (Å²) < 4.78 is 5.07. The molecule has 1 aromatic carbocycles. The number of halogens is 1. The molecule has 0 unspecified atom stereocenters. The van der Waals surface area contributed by atoms with E-state index in [-0.39, 0.29) is 0 Å². The van der Waals surface area contributed by atoms with E-state index in [0.29, 0.717) is 16.7 Å². The molecule has 2 aromatic rings. The molecule has 0 aliphatic heterocycles. The molecule has 2 rings (SSSR count). The molecule has 3 nitrogen and oxygen atoms in total. The number of hydrogen-bond donors (Lipinski definition) is 0. The number of benzene rings is 1. The lowest BCUT2D eigenvalue weighted by atomic mass is 10.2. The maximum Gasteiger partial charge on any atom is 0.236 e. The Morgan fingerprint density at radius 3 is 2.73 bits per heavy atom. The molecule has 5 heteroatoms. The average molecular weight is 241 g/mol. The van der Waals surface area contributed by atoms with Gasteiger partial charge in [0.05, 0.1) is 5.75 Å². The van der Waals surface area contributed by atoms with E-state index < -0.39 is 0 Å². The van der Waals surface area contributed by atoms with Gasteiger partial charge in [0.25, 0.3) is 0 Å². The van der Waals surface area contributed by atoms with Crippen molar-refractivity contribution in [3.8, 4) is 11.4 Å². The third-order valence-electron chi connectivity index (χ3n) is 1.84. The third-order valence-corrected chi connectivity index (χ3v) is 2.63. The summed E-state index contributed by atoms with van der Waals surface area (Å²) in [5, 5.41) is 4.59. The normalized spacial score (nSPS) is 10.5. The van der Waals surface area contributed by atoms with Gasteiger partial charge < -0.3 is 4.52 Å². The summed E-state index contributed by atoms with van der Waals surface area (Å²) in [5.74, 6) is 1.99. The van der Waals surface area contributed by atoms with Crippen molar-refractivity contribution >= 4 is 23.4 Å². The topological polar surface area (TPSA) is 38.9 Å². The highest BCUT2D eigenvalue weighted by molar-refractivity contribution is 7.97. The maximum atomic E-state index is 5.79. The number of hydrogen-bond acceptors (Lipinski definition) is 4. The van der Waals surface area contributed by atoms with Crippen LogP contribution >= 0.6 is 23.4 Å². The molecule has 0 aliphatic rings. The Morgan fingerprint density at radius 2 is 2.07 bits per heavy atom. The highest BCUT2D eigenvalue weighted by Crippen LogP contribution is 2.19. The Labute approximate surface area is 96.8 Å². The van der Waals surface area contributed by atoms with Crippen LogP contribution in [-0.4, -0.2) is 16.4 Å². The van der Waals surface area contributed by atoms with E-state index in [0.717, 1.165) is 11.3 Å². The predicted molar refractivity (Wildman–Crippen MR) is 62.0 cm³/mol. The quantitative estimate of drug-likeness (QED) is 0.826. The zero-order chi connectivity index (χ0) is 10.7. The largest absolute Gasteiger partial charge is 0.338 e. The molecule has 1 aromatic heterocycles. The van der Waals surface area contributed by atoms with Crippen LogP contribution in [0.1, 0.15) is 5.89 Å². The summed E-state index contributed by atoms with van der Waals surface area (Å²) in [4.78, 5) is 4.26. The molecule has 0 radical (unpaired) electrons. The van der Waals surface area contributed by atoms with Gasteiger partial charge in [-0.25, -0.2) is 0 Å². The van der Waals surface area contributed by atoms with Crippen LogP contribution < -0.4 is 0 Å². The summed E-state index contributed by atoms with van der Waals surface area (Å²) in [6, 6.07) is 7.36. The molecular formula is C10H9ClN2OS. The van der Waals surface area contributed by atoms with Gasteiger partial charge in [0.15, 0.2) is 0 Å². The monoisotopic (exact) mass is 240 g/mol. The summed E-state index contributed by atoms with van der Waals surface area (Å²) in [5.41, 5.74) is 0.913. The van der Waals surface area contributed by atoms with Crippen molar-refractivity contribution < 1.29 is 4.52 Å². The highest BCUT2D eigenvalue weighted by Gasteiger charge is 2.07. The number of aromatic nitrogens is 2. The van der Waals surface area contributed by atoms with Gasteiger partial charge in [-0.15, -0.1) is 0 Å². The molecule has 0 aliphatic carbocycles. The van der Waals surface area contributed by atoms with Gasteiger partial charge in [0, 0.05) is 10.6 Å². The smallest absolute Gasteiger partial charge is 0.236 e. The van der Waals surface area contributed by atoms with Crippen LogP contribution in [0.15, 0.2) is 28.8 Å². The van der Waals surface area contributed by atoms with E-state index in [1.54, 1.807) is 11.8 Å². The fourth-order valence-electron chi connectivity index (χ4n) is 1.15. The zero-order valence-corrected chi connectivity index (χ0v) is 9.68. The molecular weight excluding hydrogens is 232 g/mol. The molecule has 78 valence electrons. The molecule has 0 saturated heterocycles. The Balaban J connectivity index is 2.25. The van der Waals surface area contributed by atoms with Crippen molar-refractivity contribution in [3.05, 3.63) is 35.2 Å². The second-order valence-electron chi connectivity index (χ2n) is 2.95. The van der Waals surface area contributed by atoms with Gasteiger partial charge in [-0.05, 0) is 30.5 Å². The van der Waals surface area contributed by atoms with E-state index in [1.807, 2.05) is 30.5 Å². The van der Waals surface area contributed by atoms with Crippen LogP contribution in [0.2, 0.25) is 5.02 Å². The highest BCUT2D eigenvalue weighted by atomic mass is 35.5. The van der Waals surface area contributed by atoms with E-state index in [9.17, 15) is 0 Å². The van der Waals surface area contributed by atoms with Gasteiger partial charge in [-0.3, -0.25) is 0 Å². The fraction of sp³-hybridized carbons (Fsp3) is 0.200.